The highest BCUT2D eigenvalue weighted by atomic mass is 16.5. The van der Waals surface area contributed by atoms with Crippen molar-refractivity contribution < 1.29 is 9.53 Å². The van der Waals surface area contributed by atoms with E-state index >= 15 is 0 Å². The second-order valence-corrected chi connectivity index (χ2v) is 6.63. The summed E-state index contributed by atoms with van der Waals surface area (Å²) in [6.07, 6.45) is 4.12. The Hall–Kier alpha value is -3.65. The topological polar surface area (TPSA) is 26.3 Å². The lowest BCUT2D eigenvalue weighted by molar-refractivity contribution is 0.0600. The molecule has 0 radical (unpaired) electrons. The second-order valence-electron chi connectivity index (χ2n) is 6.63. The number of hydrogen-bond donors (Lipinski definition) is 0. The van der Waals surface area contributed by atoms with E-state index in [-0.39, 0.29) is 5.97 Å². The van der Waals surface area contributed by atoms with Gasteiger partial charge in [0, 0.05) is 0 Å². The Balaban J connectivity index is 1.56. The summed E-state index contributed by atoms with van der Waals surface area (Å²) in [4.78, 5) is 11.5. The molecule has 0 saturated carbocycles. The highest BCUT2D eigenvalue weighted by molar-refractivity contribution is 5.91. The van der Waals surface area contributed by atoms with Crippen molar-refractivity contribution in [2.45, 2.75) is 0 Å². The third kappa shape index (κ3) is 3.86. The molecule has 0 unspecified atom stereocenters. The molecule has 0 aromatic heterocycles. The fourth-order valence-corrected chi connectivity index (χ4v) is 3.22. The van der Waals surface area contributed by atoms with Crippen molar-refractivity contribution in [3.8, 4) is 11.1 Å². The summed E-state index contributed by atoms with van der Waals surface area (Å²) in [5, 5.41) is 2.43. The predicted octanol–water partition coefficient (Wildman–Crippen LogP) is 6.46. The summed E-state index contributed by atoms with van der Waals surface area (Å²) in [6.45, 7) is 0. The molecule has 136 valence electrons. The van der Waals surface area contributed by atoms with Crippen molar-refractivity contribution in [2.24, 2.45) is 0 Å². The first-order valence-corrected chi connectivity index (χ1v) is 9.19. The van der Waals surface area contributed by atoms with Crippen molar-refractivity contribution in [1.82, 2.24) is 0 Å². The van der Waals surface area contributed by atoms with Gasteiger partial charge in [0.2, 0.25) is 0 Å². The van der Waals surface area contributed by atoms with Crippen molar-refractivity contribution in [3.63, 3.8) is 0 Å². The van der Waals surface area contributed by atoms with Crippen LogP contribution in [0.25, 0.3) is 34.1 Å². The van der Waals surface area contributed by atoms with Gasteiger partial charge in [0.25, 0.3) is 0 Å². The van der Waals surface area contributed by atoms with E-state index in [9.17, 15) is 4.79 Å². The fraction of sp³-hybridized carbons (Fsp3) is 0.0385. The molecule has 4 rings (SSSR count). The molecule has 0 aliphatic rings. The molecule has 0 N–H and O–H groups in total. The third-order valence-corrected chi connectivity index (χ3v) is 4.77. The molecule has 2 heteroatoms. The first kappa shape index (κ1) is 17.7. The van der Waals surface area contributed by atoms with Crippen LogP contribution in [-0.4, -0.2) is 13.1 Å². The number of rotatable bonds is 4. The molecule has 0 spiro atoms. The molecule has 0 fully saturated rings. The summed E-state index contributed by atoms with van der Waals surface area (Å²) in [5.74, 6) is -0.320. The minimum atomic E-state index is -0.320. The Morgan fingerprint density at radius 3 is 2.07 bits per heavy atom. The van der Waals surface area contributed by atoms with Crippen LogP contribution in [0.5, 0.6) is 0 Å². The second kappa shape index (κ2) is 7.93. The van der Waals surface area contributed by atoms with Crippen LogP contribution in [0, 0.1) is 0 Å². The molecule has 4 aromatic rings. The molecule has 0 heterocycles. The van der Waals surface area contributed by atoms with Crippen molar-refractivity contribution in [3.05, 3.63) is 108 Å². The zero-order chi connectivity index (χ0) is 19.3. The Morgan fingerprint density at radius 1 is 0.679 bits per heavy atom. The molecule has 2 nitrogen and oxygen atoms in total. The minimum absolute atomic E-state index is 0.320. The van der Waals surface area contributed by atoms with Crippen LogP contribution in [0.2, 0.25) is 0 Å². The lowest BCUT2D eigenvalue weighted by atomic mass is 10.00. The molecule has 0 saturated heterocycles. The normalized spacial score (nSPS) is 11.0. The summed E-state index contributed by atoms with van der Waals surface area (Å²) in [5.41, 5.74) is 5.18. The number of benzene rings is 4. The van der Waals surface area contributed by atoms with Crippen LogP contribution in [0.1, 0.15) is 21.5 Å². The molecule has 28 heavy (non-hydrogen) atoms. The Bertz CT molecular complexity index is 1140. The molecular formula is C26H20O2. The van der Waals surface area contributed by atoms with Crippen molar-refractivity contribution >= 4 is 28.9 Å². The number of ether oxygens (including phenoxy) is 1. The Labute approximate surface area is 164 Å². The number of methoxy groups -OCH3 is 1. The third-order valence-electron chi connectivity index (χ3n) is 4.77. The van der Waals surface area contributed by atoms with Crippen molar-refractivity contribution in [2.75, 3.05) is 7.11 Å². The predicted molar refractivity (Wildman–Crippen MR) is 116 cm³/mol. The SMILES string of the molecule is COC(=O)c1ccc(C=Cc2ccc3cc(-c4ccccc4)ccc3c2)cc1. The quantitative estimate of drug-likeness (QED) is 0.307. The van der Waals surface area contributed by atoms with E-state index in [0.29, 0.717) is 5.56 Å². The number of fused-ring (bicyclic) bond motifs is 1. The smallest absolute Gasteiger partial charge is 0.337 e. The van der Waals surface area contributed by atoms with Gasteiger partial charge in [-0.15, -0.1) is 0 Å². The van der Waals surface area contributed by atoms with Crippen LogP contribution in [-0.2, 0) is 4.74 Å². The van der Waals surface area contributed by atoms with E-state index in [0.717, 1.165) is 11.1 Å². The zero-order valence-corrected chi connectivity index (χ0v) is 15.6. The van der Waals surface area contributed by atoms with Gasteiger partial charge in [-0.05, 0) is 57.3 Å². The van der Waals surface area contributed by atoms with Gasteiger partial charge in [0.1, 0.15) is 0 Å². The maximum absolute atomic E-state index is 11.5. The lowest BCUT2D eigenvalue weighted by Crippen LogP contribution is -2.00. The summed E-state index contributed by atoms with van der Waals surface area (Å²) < 4.78 is 4.73. The van der Waals surface area contributed by atoms with E-state index in [1.807, 2.05) is 24.3 Å². The largest absolute Gasteiger partial charge is 0.465 e. The van der Waals surface area contributed by atoms with Gasteiger partial charge in [0.05, 0.1) is 12.7 Å². The van der Waals surface area contributed by atoms with Crippen LogP contribution in [0.4, 0.5) is 0 Å². The van der Waals surface area contributed by atoms with Crippen molar-refractivity contribution in [1.29, 1.82) is 0 Å². The molecule has 0 bridgehead atoms. The van der Waals surface area contributed by atoms with E-state index in [4.69, 9.17) is 4.74 Å². The van der Waals surface area contributed by atoms with E-state index in [1.165, 1.54) is 29.0 Å². The molecule has 0 aliphatic heterocycles. The monoisotopic (exact) mass is 364 g/mol. The van der Waals surface area contributed by atoms with Gasteiger partial charge in [-0.1, -0.05) is 78.9 Å². The van der Waals surface area contributed by atoms with Gasteiger partial charge < -0.3 is 4.74 Å². The first-order chi connectivity index (χ1) is 13.7. The first-order valence-electron chi connectivity index (χ1n) is 9.19. The lowest BCUT2D eigenvalue weighted by Gasteiger charge is -2.05. The summed E-state index contributed by atoms with van der Waals surface area (Å²) in [6, 6.07) is 30.8. The van der Waals surface area contributed by atoms with Gasteiger partial charge in [-0.2, -0.15) is 0 Å². The number of esters is 1. The van der Waals surface area contributed by atoms with E-state index in [2.05, 4.69) is 66.7 Å². The highest BCUT2D eigenvalue weighted by Crippen LogP contribution is 2.25. The van der Waals surface area contributed by atoms with E-state index in [1.54, 1.807) is 12.1 Å². The summed E-state index contributed by atoms with van der Waals surface area (Å²) >= 11 is 0. The minimum Gasteiger partial charge on any atom is -0.465 e. The number of hydrogen-bond acceptors (Lipinski definition) is 2. The average Bonchev–Trinajstić information content (AvgIpc) is 2.77. The molecule has 4 aromatic carbocycles. The van der Waals surface area contributed by atoms with Crippen LogP contribution in [0.3, 0.4) is 0 Å². The van der Waals surface area contributed by atoms with Gasteiger partial charge in [-0.3, -0.25) is 0 Å². The maximum Gasteiger partial charge on any atom is 0.337 e. The number of carbonyl (C=O) groups is 1. The average molecular weight is 364 g/mol. The Morgan fingerprint density at radius 2 is 1.32 bits per heavy atom. The maximum atomic E-state index is 11.5. The molecule has 0 aliphatic carbocycles. The van der Waals surface area contributed by atoms with Gasteiger partial charge in [0.15, 0.2) is 0 Å². The Kier molecular flexibility index (Phi) is 5.03. The van der Waals surface area contributed by atoms with Crippen LogP contribution in [0.15, 0.2) is 91.0 Å². The highest BCUT2D eigenvalue weighted by Gasteiger charge is 2.03. The standard InChI is InChI=1S/C26H20O2/c1-28-26(27)22-12-9-19(10-13-22)7-8-20-11-14-25-18-24(16-15-23(25)17-20)21-5-3-2-4-6-21/h2-18H,1H3. The van der Waals surface area contributed by atoms with E-state index < -0.39 is 0 Å². The zero-order valence-electron chi connectivity index (χ0n) is 15.6. The fourth-order valence-electron chi connectivity index (χ4n) is 3.22. The van der Waals surface area contributed by atoms with Crippen LogP contribution >= 0.6 is 0 Å². The molecular weight excluding hydrogens is 344 g/mol. The van der Waals surface area contributed by atoms with Gasteiger partial charge >= 0.3 is 5.97 Å². The van der Waals surface area contributed by atoms with Crippen LogP contribution < -0.4 is 0 Å². The summed E-state index contributed by atoms with van der Waals surface area (Å²) in [7, 11) is 1.39. The molecule has 0 amide bonds. The molecule has 0 atom stereocenters. The number of carbonyl (C=O) groups excluding carboxylic acids is 1. The van der Waals surface area contributed by atoms with Gasteiger partial charge in [-0.25, -0.2) is 4.79 Å².